The Morgan fingerprint density at radius 2 is 2.05 bits per heavy atom. The summed E-state index contributed by atoms with van der Waals surface area (Å²) in [6, 6.07) is 2.32. The topological polar surface area (TPSA) is 89.7 Å². The first-order valence-electron chi connectivity index (χ1n) is 5.01. The van der Waals surface area contributed by atoms with Crippen LogP contribution in [0, 0.1) is 15.9 Å². The van der Waals surface area contributed by atoms with E-state index in [1.807, 2.05) is 0 Å². The largest absolute Gasteiger partial charge is 0.481 e. The summed E-state index contributed by atoms with van der Waals surface area (Å²) in [5, 5.41) is 19.0. The lowest BCUT2D eigenvalue weighted by molar-refractivity contribution is -0.386. The molecule has 1 N–H and O–H groups in total. The monoisotopic (exact) mass is 297 g/mol. The third-order valence-corrected chi connectivity index (χ3v) is 2.13. The minimum absolute atomic E-state index is 0.663. The van der Waals surface area contributed by atoms with E-state index in [9.17, 15) is 32.5 Å². The molecule has 0 aromatic heterocycles. The Kier molecular flexibility index (Phi) is 4.48. The Morgan fingerprint density at radius 1 is 1.45 bits per heavy atom. The van der Waals surface area contributed by atoms with Gasteiger partial charge in [0.05, 0.1) is 11.3 Å². The second-order valence-corrected chi connectivity index (χ2v) is 3.59. The van der Waals surface area contributed by atoms with Gasteiger partial charge in [-0.2, -0.15) is 13.2 Å². The van der Waals surface area contributed by atoms with Gasteiger partial charge < -0.3 is 9.84 Å². The van der Waals surface area contributed by atoms with Crippen LogP contribution >= 0.6 is 0 Å². The molecule has 0 saturated carbocycles. The molecule has 1 unspecified atom stereocenters. The van der Waals surface area contributed by atoms with Gasteiger partial charge in [-0.15, -0.1) is 0 Å². The number of rotatable bonds is 5. The minimum Gasteiger partial charge on any atom is -0.481 e. The zero-order chi connectivity index (χ0) is 15.5. The molecule has 1 aromatic carbocycles. The van der Waals surface area contributed by atoms with Gasteiger partial charge in [0.25, 0.3) is 0 Å². The number of carboxylic acid groups (broad SMARTS) is 1. The number of nitrogens with zero attached hydrogens (tertiary/aromatic N) is 1. The van der Waals surface area contributed by atoms with Gasteiger partial charge in [0, 0.05) is 6.07 Å². The van der Waals surface area contributed by atoms with Crippen LogP contribution < -0.4 is 4.74 Å². The lowest BCUT2D eigenvalue weighted by Crippen LogP contribution is -2.36. The third kappa shape index (κ3) is 3.80. The van der Waals surface area contributed by atoms with E-state index in [-0.39, 0.29) is 0 Å². The van der Waals surface area contributed by atoms with Crippen molar-refractivity contribution in [3.63, 3.8) is 0 Å². The van der Waals surface area contributed by atoms with Crippen molar-refractivity contribution in [2.75, 3.05) is 0 Å². The quantitative estimate of drug-likeness (QED) is 0.512. The van der Waals surface area contributed by atoms with Crippen LogP contribution in [0.1, 0.15) is 6.42 Å². The molecule has 20 heavy (non-hydrogen) atoms. The summed E-state index contributed by atoms with van der Waals surface area (Å²) in [4.78, 5) is 19.8. The summed E-state index contributed by atoms with van der Waals surface area (Å²) in [7, 11) is 0. The fourth-order valence-electron chi connectivity index (χ4n) is 1.28. The van der Waals surface area contributed by atoms with Gasteiger partial charge in [-0.25, -0.2) is 4.39 Å². The first-order valence-corrected chi connectivity index (χ1v) is 5.01. The van der Waals surface area contributed by atoms with Crippen LogP contribution in [-0.4, -0.2) is 28.3 Å². The number of para-hydroxylation sites is 1. The second kappa shape index (κ2) is 5.72. The van der Waals surface area contributed by atoms with Gasteiger partial charge in [-0.05, 0) is 6.07 Å². The van der Waals surface area contributed by atoms with E-state index in [4.69, 9.17) is 5.11 Å². The number of hydrogen-bond acceptors (Lipinski definition) is 4. The highest BCUT2D eigenvalue weighted by Gasteiger charge is 2.44. The molecule has 1 aromatic rings. The van der Waals surface area contributed by atoms with E-state index >= 15 is 0 Å². The van der Waals surface area contributed by atoms with E-state index in [0.717, 1.165) is 12.1 Å². The normalized spacial score (nSPS) is 12.8. The molecule has 0 amide bonds. The van der Waals surface area contributed by atoms with Crippen molar-refractivity contribution < 1.29 is 37.1 Å². The zero-order valence-corrected chi connectivity index (χ0v) is 9.56. The third-order valence-electron chi connectivity index (χ3n) is 2.13. The molecule has 0 radical (unpaired) electrons. The van der Waals surface area contributed by atoms with Crippen molar-refractivity contribution in [1.29, 1.82) is 0 Å². The van der Waals surface area contributed by atoms with E-state index in [0.29, 0.717) is 6.07 Å². The van der Waals surface area contributed by atoms with Crippen LogP contribution in [0.25, 0.3) is 0 Å². The number of carbonyl (C=O) groups is 1. The molecule has 0 heterocycles. The van der Waals surface area contributed by atoms with Crippen LogP contribution in [0.5, 0.6) is 5.75 Å². The molecule has 10 heteroatoms. The minimum atomic E-state index is -5.12. The maximum atomic E-state index is 13.4. The van der Waals surface area contributed by atoms with Crippen LogP contribution in [0.3, 0.4) is 0 Å². The van der Waals surface area contributed by atoms with E-state index in [2.05, 4.69) is 4.74 Å². The van der Waals surface area contributed by atoms with E-state index < -0.39 is 46.8 Å². The summed E-state index contributed by atoms with van der Waals surface area (Å²) < 4.78 is 55.2. The SMILES string of the molecule is O=C(O)CC(Oc1c(F)cccc1[N+](=O)[O-])C(F)(F)F. The number of carboxylic acids is 1. The van der Waals surface area contributed by atoms with Gasteiger partial charge in [0.2, 0.25) is 11.9 Å². The highest BCUT2D eigenvalue weighted by Crippen LogP contribution is 2.34. The maximum Gasteiger partial charge on any atom is 0.426 e. The first kappa shape index (κ1) is 15.7. The highest BCUT2D eigenvalue weighted by molar-refractivity contribution is 5.67. The van der Waals surface area contributed by atoms with Crippen molar-refractivity contribution in [2.45, 2.75) is 18.7 Å². The average molecular weight is 297 g/mol. The highest BCUT2D eigenvalue weighted by atomic mass is 19.4. The van der Waals surface area contributed by atoms with Gasteiger partial charge in [0.15, 0.2) is 5.82 Å². The molecule has 0 bridgehead atoms. The fourth-order valence-corrected chi connectivity index (χ4v) is 1.28. The summed E-state index contributed by atoms with van der Waals surface area (Å²) in [6.45, 7) is 0. The lowest BCUT2D eigenvalue weighted by atomic mass is 10.2. The summed E-state index contributed by atoms with van der Waals surface area (Å²) >= 11 is 0. The number of ether oxygens (including phenoxy) is 1. The van der Waals surface area contributed by atoms with Crippen molar-refractivity contribution in [3.8, 4) is 5.75 Å². The number of hydrogen-bond donors (Lipinski definition) is 1. The number of halogens is 4. The Morgan fingerprint density at radius 3 is 2.50 bits per heavy atom. The molecule has 0 spiro atoms. The summed E-state index contributed by atoms with van der Waals surface area (Å²) in [5.74, 6) is -4.48. The molecule has 110 valence electrons. The molecule has 0 aliphatic carbocycles. The number of aliphatic carboxylic acids is 1. The Labute approximate surface area is 108 Å². The lowest BCUT2D eigenvalue weighted by Gasteiger charge is -2.20. The molecular weight excluding hydrogens is 290 g/mol. The van der Waals surface area contributed by atoms with E-state index in [1.54, 1.807) is 0 Å². The molecule has 1 atom stereocenters. The van der Waals surface area contributed by atoms with Crippen molar-refractivity contribution in [2.24, 2.45) is 0 Å². The Balaban J connectivity index is 3.17. The number of nitro groups is 1. The second-order valence-electron chi connectivity index (χ2n) is 3.59. The zero-order valence-electron chi connectivity index (χ0n) is 9.56. The summed E-state index contributed by atoms with van der Waals surface area (Å²) in [6.07, 6.45) is -9.51. The van der Waals surface area contributed by atoms with Crippen LogP contribution in [0.15, 0.2) is 18.2 Å². The Bertz CT molecular complexity index is 531. The van der Waals surface area contributed by atoms with Crippen molar-refractivity contribution >= 4 is 11.7 Å². The molecule has 0 aliphatic rings. The van der Waals surface area contributed by atoms with Crippen LogP contribution in [0.2, 0.25) is 0 Å². The predicted octanol–water partition coefficient (Wildman–Crippen LogP) is 2.52. The molecule has 1 rings (SSSR count). The summed E-state index contributed by atoms with van der Waals surface area (Å²) in [5.41, 5.74) is -1.02. The smallest absolute Gasteiger partial charge is 0.426 e. The molecule has 6 nitrogen and oxygen atoms in total. The fraction of sp³-hybridized carbons (Fsp3) is 0.300. The first-order chi connectivity index (χ1) is 9.12. The molecule has 0 saturated heterocycles. The van der Waals surface area contributed by atoms with Crippen LogP contribution in [0.4, 0.5) is 23.2 Å². The van der Waals surface area contributed by atoms with E-state index in [1.165, 1.54) is 0 Å². The molecule has 0 aliphatic heterocycles. The number of alkyl halides is 3. The van der Waals surface area contributed by atoms with Gasteiger partial charge in [0.1, 0.15) is 0 Å². The van der Waals surface area contributed by atoms with Gasteiger partial charge in [-0.1, -0.05) is 6.07 Å². The molecule has 0 fully saturated rings. The Hall–Kier alpha value is -2.39. The number of benzene rings is 1. The average Bonchev–Trinajstić information content (AvgIpc) is 2.28. The predicted molar refractivity (Wildman–Crippen MR) is 55.8 cm³/mol. The van der Waals surface area contributed by atoms with Crippen LogP contribution in [-0.2, 0) is 4.79 Å². The van der Waals surface area contributed by atoms with Crippen molar-refractivity contribution in [1.82, 2.24) is 0 Å². The van der Waals surface area contributed by atoms with Gasteiger partial charge in [-0.3, -0.25) is 14.9 Å². The van der Waals surface area contributed by atoms with Gasteiger partial charge >= 0.3 is 17.8 Å². The standard InChI is InChI=1S/C10H7F4NO5/c11-5-2-1-3-6(15(18)19)9(5)20-7(4-8(16)17)10(12,13)14/h1-3,7H,4H2,(H,16,17). The number of nitro benzene ring substituents is 1. The molecular formula is C10H7F4NO5. The maximum absolute atomic E-state index is 13.4. The van der Waals surface area contributed by atoms with Crippen molar-refractivity contribution in [3.05, 3.63) is 34.1 Å².